The average Bonchev–Trinajstić information content (AvgIpc) is 2.44. The lowest BCUT2D eigenvalue weighted by atomic mass is 10.0. The van der Waals surface area contributed by atoms with Crippen molar-refractivity contribution in [1.82, 2.24) is 0 Å². The van der Waals surface area contributed by atoms with Crippen LogP contribution in [0.25, 0.3) is 0 Å². The molecule has 112 valence electrons. The first-order chi connectivity index (χ1) is 9.51. The van der Waals surface area contributed by atoms with E-state index in [1.165, 1.54) is 5.56 Å². The summed E-state index contributed by atoms with van der Waals surface area (Å²) in [5, 5.41) is 1.94. The van der Waals surface area contributed by atoms with Gasteiger partial charge in [-0.1, -0.05) is 29.8 Å². The van der Waals surface area contributed by atoms with Crippen molar-refractivity contribution in [2.75, 3.05) is 12.9 Å². The van der Waals surface area contributed by atoms with Gasteiger partial charge in [0.05, 0.1) is 7.11 Å². The Morgan fingerprint density at radius 2 is 2.15 bits per heavy atom. The molecular weight excluding hydrogens is 354 g/mol. The van der Waals surface area contributed by atoms with Gasteiger partial charge in [-0.05, 0) is 30.2 Å². The van der Waals surface area contributed by atoms with E-state index in [2.05, 4.69) is 35.8 Å². The van der Waals surface area contributed by atoms with E-state index in [0.29, 0.717) is 10.5 Å². The molecule has 1 aliphatic heterocycles. The normalized spacial score (nSPS) is 28.1. The van der Waals surface area contributed by atoms with Gasteiger partial charge in [0.2, 0.25) is 0 Å². The number of hydrogen-bond acceptors (Lipinski definition) is 4. The summed E-state index contributed by atoms with van der Waals surface area (Å²) in [6.45, 7) is 4.62. The zero-order chi connectivity index (χ0) is 14.7. The molecule has 0 aliphatic carbocycles. The molecule has 1 aliphatic rings. The molecule has 0 aromatic heterocycles. The van der Waals surface area contributed by atoms with E-state index in [4.69, 9.17) is 10.5 Å². The Morgan fingerprint density at radius 1 is 1.40 bits per heavy atom. The third-order valence-corrected chi connectivity index (χ3v) is 8.11. The molecule has 2 nitrogen and oxygen atoms in total. The van der Waals surface area contributed by atoms with Crippen molar-refractivity contribution in [1.29, 1.82) is 0 Å². The van der Waals surface area contributed by atoms with E-state index < -0.39 is 0 Å². The Hall–Kier alpha value is 0.160. The molecule has 0 spiro atoms. The average molecular weight is 376 g/mol. The number of nitrogens with two attached hydrogens (primary N) is 1. The molecule has 4 unspecified atom stereocenters. The summed E-state index contributed by atoms with van der Waals surface area (Å²) in [6.07, 6.45) is 0.886. The number of thioether (sulfide) groups is 2. The highest BCUT2D eigenvalue weighted by Crippen LogP contribution is 2.37. The molecule has 1 aromatic carbocycles. The molecule has 1 aromatic rings. The van der Waals surface area contributed by atoms with Gasteiger partial charge in [-0.25, -0.2) is 0 Å². The Kier molecular flexibility index (Phi) is 6.14. The number of halogens is 1. The van der Waals surface area contributed by atoms with Crippen molar-refractivity contribution in [2.24, 2.45) is 5.73 Å². The molecular formula is C15H22BrNOS2. The van der Waals surface area contributed by atoms with Crippen molar-refractivity contribution < 1.29 is 4.74 Å². The molecule has 1 heterocycles. The van der Waals surface area contributed by atoms with Crippen LogP contribution < -0.4 is 10.5 Å². The van der Waals surface area contributed by atoms with Gasteiger partial charge < -0.3 is 10.5 Å². The van der Waals surface area contributed by atoms with Crippen LogP contribution in [0.5, 0.6) is 5.75 Å². The first-order valence-electron chi connectivity index (χ1n) is 6.86. The molecule has 4 atom stereocenters. The van der Waals surface area contributed by atoms with Crippen LogP contribution in [0.3, 0.4) is 0 Å². The summed E-state index contributed by atoms with van der Waals surface area (Å²) >= 11 is 7.70. The van der Waals surface area contributed by atoms with Crippen molar-refractivity contribution in [3.63, 3.8) is 0 Å². The van der Waals surface area contributed by atoms with Crippen LogP contribution >= 0.6 is 39.5 Å². The van der Waals surface area contributed by atoms with Crippen LogP contribution in [0.4, 0.5) is 0 Å². The van der Waals surface area contributed by atoms with E-state index >= 15 is 0 Å². The quantitative estimate of drug-likeness (QED) is 0.863. The first kappa shape index (κ1) is 16.5. The topological polar surface area (TPSA) is 35.2 Å². The molecule has 0 saturated carbocycles. The van der Waals surface area contributed by atoms with E-state index in [1.54, 1.807) is 7.11 Å². The largest absolute Gasteiger partial charge is 0.497 e. The molecule has 2 N–H and O–H groups in total. The second kappa shape index (κ2) is 7.43. The lowest BCUT2D eigenvalue weighted by molar-refractivity contribution is 0.414. The van der Waals surface area contributed by atoms with Crippen molar-refractivity contribution in [2.45, 2.75) is 42.1 Å². The van der Waals surface area contributed by atoms with Gasteiger partial charge in [-0.15, -0.1) is 0 Å². The summed E-state index contributed by atoms with van der Waals surface area (Å²) in [7, 11) is 1.70. The van der Waals surface area contributed by atoms with Crippen molar-refractivity contribution >= 4 is 39.5 Å². The highest BCUT2D eigenvalue weighted by molar-refractivity contribution is 9.10. The monoisotopic (exact) mass is 375 g/mol. The zero-order valence-electron chi connectivity index (χ0n) is 12.1. The molecule has 5 heteroatoms. The molecule has 20 heavy (non-hydrogen) atoms. The standard InChI is InChI=1S/C15H22BrNOS2/c1-9-10(2)20-15(8-19-9)14(17)7-11-6-12(18-3)4-5-13(11)16/h4-6,9-10,14-15H,7-8,17H2,1-3H3. The molecule has 1 saturated heterocycles. The van der Waals surface area contributed by atoms with E-state index in [1.807, 2.05) is 35.7 Å². The SMILES string of the molecule is COc1ccc(Br)c(CC(N)C2CSC(C)C(C)S2)c1. The first-order valence-corrected chi connectivity index (χ1v) is 9.64. The maximum Gasteiger partial charge on any atom is 0.119 e. The second-order valence-corrected chi connectivity index (χ2v) is 9.13. The molecule has 2 rings (SSSR count). The van der Waals surface area contributed by atoms with E-state index in [0.717, 1.165) is 27.6 Å². The number of hydrogen-bond donors (Lipinski definition) is 1. The number of methoxy groups -OCH3 is 1. The Labute approximate surface area is 138 Å². The third kappa shape index (κ3) is 4.09. The fourth-order valence-corrected chi connectivity index (χ4v) is 5.72. The summed E-state index contributed by atoms with van der Waals surface area (Å²) in [5.74, 6) is 2.04. The number of ether oxygens (including phenoxy) is 1. The van der Waals surface area contributed by atoms with Gasteiger partial charge >= 0.3 is 0 Å². The summed E-state index contributed by atoms with van der Waals surface area (Å²) in [5.41, 5.74) is 7.68. The number of rotatable bonds is 4. The van der Waals surface area contributed by atoms with Crippen LogP contribution in [0.2, 0.25) is 0 Å². The summed E-state index contributed by atoms with van der Waals surface area (Å²) in [4.78, 5) is 0. The van der Waals surface area contributed by atoms with Crippen LogP contribution in [0.15, 0.2) is 22.7 Å². The molecule has 0 radical (unpaired) electrons. The Balaban J connectivity index is 2.02. The van der Waals surface area contributed by atoms with Gasteiger partial charge in [-0.3, -0.25) is 0 Å². The summed E-state index contributed by atoms with van der Waals surface area (Å²) < 4.78 is 6.41. The van der Waals surface area contributed by atoms with Gasteiger partial charge in [-0.2, -0.15) is 23.5 Å². The lowest BCUT2D eigenvalue weighted by Gasteiger charge is -2.34. The zero-order valence-corrected chi connectivity index (χ0v) is 15.4. The van der Waals surface area contributed by atoms with Crippen LogP contribution in [-0.4, -0.2) is 34.7 Å². The minimum absolute atomic E-state index is 0.186. The van der Waals surface area contributed by atoms with E-state index in [-0.39, 0.29) is 6.04 Å². The fourth-order valence-electron chi connectivity index (χ4n) is 2.25. The smallest absolute Gasteiger partial charge is 0.119 e. The van der Waals surface area contributed by atoms with Crippen LogP contribution in [0, 0.1) is 0 Å². The summed E-state index contributed by atoms with van der Waals surface area (Å²) in [6, 6.07) is 6.27. The van der Waals surface area contributed by atoms with Crippen molar-refractivity contribution in [3.8, 4) is 5.75 Å². The highest BCUT2D eigenvalue weighted by Gasteiger charge is 2.29. The molecule has 1 fully saturated rings. The highest BCUT2D eigenvalue weighted by atomic mass is 79.9. The molecule has 0 bridgehead atoms. The maximum absolute atomic E-state index is 6.45. The van der Waals surface area contributed by atoms with E-state index in [9.17, 15) is 0 Å². The second-order valence-electron chi connectivity index (χ2n) is 5.24. The Morgan fingerprint density at radius 3 is 2.80 bits per heavy atom. The van der Waals surface area contributed by atoms with Gasteiger partial charge in [0, 0.05) is 32.0 Å². The van der Waals surface area contributed by atoms with Crippen LogP contribution in [-0.2, 0) is 6.42 Å². The predicted molar refractivity (Wildman–Crippen MR) is 95.1 cm³/mol. The fraction of sp³-hybridized carbons (Fsp3) is 0.600. The number of benzene rings is 1. The lowest BCUT2D eigenvalue weighted by Crippen LogP contribution is -2.41. The minimum Gasteiger partial charge on any atom is -0.497 e. The van der Waals surface area contributed by atoms with Crippen LogP contribution in [0.1, 0.15) is 19.4 Å². The predicted octanol–water partition coefficient (Wildman–Crippen LogP) is 3.95. The van der Waals surface area contributed by atoms with Crippen molar-refractivity contribution in [3.05, 3.63) is 28.2 Å². The molecule has 0 amide bonds. The van der Waals surface area contributed by atoms with Gasteiger partial charge in [0.25, 0.3) is 0 Å². The Bertz CT molecular complexity index is 457. The van der Waals surface area contributed by atoms with Gasteiger partial charge in [0.1, 0.15) is 5.75 Å². The minimum atomic E-state index is 0.186. The third-order valence-electron chi connectivity index (χ3n) is 3.76. The maximum atomic E-state index is 6.45. The van der Waals surface area contributed by atoms with Gasteiger partial charge in [0.15, 0.2) is 0 Å².